The van der Waals surface area contributed by atoms with E-state index in [2.05, 4.69) is 11.4 Å². The molecule has 13 heavy (non-hydrogen) atoms. The van der Waals surface area contributed by atoms with Crippen LogP contribution >= 0.6 is 0 Å². The number of hydrogen-bond donors (Lipinski definition) is 1. The number of hydrogen-bond acceptors (Lipinski definition) is 3. The van der Waals surface area contributed by atoms with Crippen molar-refractivity contribution in [2.75, 3.05) is 26.2 Å². The first-order valence-electron chi connectivity index (χ1n) is 4.55. The van der Waals surface area contributed by atoms with Crippen LogP contribution in [-0.2, 0) is 0 Å². The SMILES string of the molecule is [c]1ccc(ON2CCNCC2)cc1. The molecule has 1 fully saturated rings. The summed E-state index contributed by atoms with van der Waals surface area (Å²) in [6.07, 6.45) is 0. The van der Waals surface area contributed by atoms with Gasteiger partial charge in [0.2, 0.25) is 0 Å². The van der Waals surface area contributed by atoms with E-state index >= 15 is 0 Å². The Morgan fingerprint density at radius 3 is 2.62 bits per heavy atom. The fraction of sp³-hybridized carbons (Fsp3) is 0.400. The topological polar surface area (TPSA) is 24.5 Å². The molecule has 1 aromatic rings. The third kappa shape index (κ3) is 2.44. The van der Waals surface area contributed by atoms with Crippen molar-refractivity contribution in [3.63, 3.8) is 0 Å². The van der Waals surface area contributed by atoms with Crippen LogP contribution in [0.4, 0.5) is 0 Å². The van der Waals surface area contributed by atoms with E-state index in [0.717, 1.165) is 31.9 Å². The predicted octanol–water partition coefficient (Wildman–Crippen LogP) is 0.686. The van der Waals surface area contributed by atoms with Crippen LogP contribution in [0.5, 0.6) is 5.75 Å². The Kier molecular flexibility index (Phi) is 2.79. The molecule has 0 spiro atoms. The largest absolute Gasteiger partial charge is 0.406 e. The number of nitrogens with zero attached hydrogens (tertiary/aromatic N) is 1. The van der Waals surface area contributed by atoms with Gasteiger partial charge >= 0.3 is 0 Å². The van der Waals surface area contributed by atoms with Crippen molar-refractivity contribution >= 4 is 0 Å². The van der Waals surface area contributed by atoms with Crippen LogP contribution in [0.15, 0.2) is 24.3 Å². The Labute approximate surface area is 78.3 Å². The number of piperazine rings is 1. The molecule has 1 aliphatic rings. The second-order valence-electron chi connectivity index (χ2n) is 3.01. The molecular formula is C10H13N2O. The highest BCUT2D eigenvalue weighted by atomic mass is 16.7. The predicted molar refractivity (Wildman–Crippen MR) is 50.3 cm³/mol. The summed E-state index contributed by atoms with van der Waals surface area (Å²) in [6.45, 7) is 3.88. The van der Waals surface area contributed by atoms with Crippen LogP contribution in [0, 0.1) is 6.07 Å². The fourth-order valence-corrected chi connectivity index (χ4v) is 1.32. The molecule has 0 bridgehead atoms. The summed E-state index contributed by atoms with van der Waals surface area (Å²) in [4.78, 5) is 5.63. The van der Waals surface area contributed by atoms with E-state index < -0.39 is 0 Å². The zero-order chi connectivity index (χ0) is 8.93. The van der Waals surface area contributed by atoms with Gasteiger partial charge in [0.25, 0.3) is 0 Å². The molecule has 1 radical (unpaired) electrons. The lowest BCUT2D eigenvalue weighted by Gasteiger charge is -2.26. The van der Waals surface area contributed by atoms with Gasteiger partial charge in [0, 0.05) is 26.2 Å². The van der Waals surface area contributed by atoms with Crippen molar-refractivity contribution in [2.45, 2.75) is 0 Å². The Hall–Kier alpha value is -1.06. The van der Waals surface area contributed by atoms with Gasteiger partial charge in [0.1, 0.15) is 5.75 Å². The zero-order valence-corrected chi connectivity index (χ0v) is 7.49. The summed E-state index contributed by atoms with van der Waals surface area (Å²) in [5, 5.41) is 5.25. The molecule has 3 heteroatoms. The number of hydroxylamine groups is 2. The van der Waals surface area contributed by atoms with E-state index in [9.17, 15) is 0 Å². The van der Waals surface area contributed by atoms with Crippen molar-refractivity contribution < 1.29 is 4.84 Å². The van der Waals surface area contributed by atoms with Crippen LogP contribution in [-0.4, -0.2) is 31.2 Å². The maximum atomic E-state index is 5.63. The molecule has 0 aliphatic carbocycles. The molecular weight excluding hydrogens is 164 g/mol. The van der Waals surface area contributed by atoms with E-state index in [1.807, 2.05) is 29.3 Å². The lowest BCUT2D eigenvalue weighted by molar-refractivity contribution is -0.0664. The van der Waals surface area contributed by atoms with Gasteiger partial charge in [-0.2, -0.15) is 0 Å². The van der Waals surface area contributed by atoms with Gasteiger partial charge < -0.3 is 10.2 Å². The van der Waals surface area contributed by atoms with Crippen molar-refractivity contribution in [3.8, 4) is 5.75 Å². The second-order valence-corrected chi connectivity index (χ2v) is 3.01. The Bertz CT molecular complexity index is 244. The monoisotopic (exact) mass is 177 g/mol. The van der Waals surface area contributed by atoms with Gasteiger partial charge in [0.15, 0.2) is 0 Å². The first-order valence-corrected chi connectivity index (χ1v) is 4.55. The molecule has 3 nitrogen and oxygen atoms in total. The molecule has 0 amide bonds. The molecule has 1 N–H and O–H groups in total. The maximum Gasteiger partial charge on any atom is 0.147 e. The first kappa shape index (κ1) is 8.53. The molecule has 1 aromatic carbocycles. The van der Waals surface area contributed by atoms with Crippen LogP contribution < -0.4 is 10.2 Å². The Morgan fingerprint density at radius 1 is 1.23 bits per heavy atom. The van der Waals surface area contributed by atoms with Crippen molar-refractivity contribution in [1.29, 1.82) is 0 Å². The van der Waals surface area contributed by atoms with E-state index in [1.54, 1.807) is 0 Å². The molecule has 0 aromatic heterocycles. The normalized spacial score (nSPS) is 18.5. The second kappa shape index (κ2) is 4.25. The summed E-state index contributed by atoms with van der Waals surface area (Å²) in [7, 11) is 0. The Balaban J connectivity index is 1.90. The molecule has 1 heterocycles. The highest BCUT2D eigenvalue weighted by molar-refractivity contribution is 5.19. The molecule has 0 saturated carbocycles. The number of rotatable bonds is 2. The van der Waals surface area contributed by atoms with Gasteiger partial charge in [-0.15, -0.1) is 5.06 Å². The molecule has 1 saturated heterocycles. The van der Waals surface area contributed by atoms with E-state index in [1.165, 1.54) is 0 Å². The molecule has 1 aliphatic heterocycles. The van der Waals surface area contributed by atoms with Gasteiger partial charge in [-0.25, -0.2) is 0 Å². The summed E-state index contributed by atoms with van der Waals surface area (Å²) in [5.74, 6) is 0.889. The van der Waals surface area contributed by atoms with Gasteiger partial charge in [-0.1, -0.05) is 12.1 Å². The summed E-state index contributed by atoms with van der Waals surface area (Å²) in [5.41, 5.74) is 0. The minimum absolute atomic E-state index is 0.889. The van der Waals surface area contributed by atoms with Crippen LogP contribution in [0.25, 0.3) is 0 Å². The summed E-state index contributed by atoms with van der Waals surface area (Å²) >= 11 is 0. The minimum Gasteiger partial charge on any atom is -0.406 e. The zero-order valence-electron chi connectivity index (χ0n) is 7.49. The van der Waals surface area contributed by atoms with Crippen molar-refractivity contribution in [3.05, 3.63) is 30.3 Å². The van der Waals surface area contributed by atoms with Crippen LogP contribution in [0.1, 0.15) is 0 Å². The van der Waals surface area contributed by atoms with E-state index in [-0.39, 0.29) is 0 Å². The van der Waals surface area contributed by atoms with Gasteiger partial charge in [-0.3, -0.25) is 0 Å². The lowest BCUT2D eigenvalue weighted by atomic mass is 10.3. The molecule has 69 valence electrons. The summed E-state index contributed by atoms with van der Waals surface area (Å²) in [6, 6.07) is 10.5. The molecule has 2 rings (SSSR count). The maximum absolute atomic E-state index is 5.63. The van der Waals surface area contributed by atoms with Gasteiger partial charge in [0.05, 0.1) is 0 Å². The smallest absolute Gasteiger partial charge is 0.147 e. The molecule has 0 atom stereocenters. The van der Waals surface area contributed by atoms with Crippen molar-refractivity contribution in [1.82, 2.24) is 10.4 Å². The third-order valence-corrected chi connectivity index (χ3v) is 2.00. The third-order valence-electron chi connectivity index (χ3n) is 2.00. The minimum atomic E-state index is 0.889. The number of benzene rings is 1. The van der Waals surface area contributed by atoms with Crippen molar-refractivity contribution in [2.24, 2.45) is 0 Å². The standard InChI is InChI=1S/C10H13N2O/c1-2-4-10(5-3-1)13-12-8-6-11-7-9-12/h2-5,11H,6-9H2. The highest BCUT2D eigenvalue weighted by Gasteiger charge is 2.10. The van der Waals surface area contributed by atoms with E-state index in [0.29, 0.717) is 0 Å². The average Bonchev–Trinajstić information content (AvgIpc) is 2.21. The van der Waals surface area contributed by atoms with Crippen LogP contribution in [0.2, 0.25) is 0 Å². The average molecular weight is 177 g/mol. The number of nitrogens with one attached hydrogen (secondary N) is 1. The van der Waals surface area contributed by atoms with E-state index in [4.69, 9.17) is 4.84 Å². The van der Waals surface area contributed by atoms with Gasteiger partial charge in [-0.05, 0) is 18.2 Å². The summed E-state index contributed by atoms with van der Waals surface area (Å²) < 4.78 is 0. The molecule has 0 unspecified atom stereocenters. The highest BCUT2D eigenvalue weighted by Crippen LogP contribution is 2.10. The fourth-order valence-electron chi connectivity index (χ4n) is 1.32. The first-order chi connectivity index (χ1) is 6.45. The lowest BCUT2D eigenvalue weighted by Crippen LogP contribution is -2.45. The quantitative estimate of drug-likeness (QED) is 0.719. The Morgan fingerprint density at radius 2 is 1.92 bits per heavy atom. The van der Waals surface area contributed by atoms with Crippen LogP contribution in [0.3, 0.4) is 0 Å².